The van der Waals surface area contributed by atoms with Crippen LogP contribution in [0, 0.1) is 0 Å². The first-order chi connectivity index (χ1) is 13.0. The Hall–Kier alpha value is -3.20. The van der Waals surface area contributed by atoms with Crippen LogP contribution in [-0.4, -0.2) is 37.4 Å². The number of anilines is 1. The second-order valence-corrected chi connectivity index (χ2v) is 7.68. The van der Waals surface area contributed by atoms with Gasteiger partial charge in [-0.05, 0) is 36.4 Å². The number of rotatable bonds is 7. The molecule has 1 aromatic heterocycles. The lowest BCUT2D eigenvalue weighted by Crippen LogP contribution is -2.17. The van der Waals surface area contributed by atoms with Crippen LogP contribution in [0.15, 0.2) is 63.9 Å². The van der Waals surface area contributed by atoms with Gasteiger partial charge in [-0.25, -0.2) is 8.42 Å². The summed E-state index contributed by atoms with van der Waals surface area (Å²) < 4.78 is 34.8. The summed E-state index contributed by atoms with van der Waals surface area (Å²) in [4.78, 5) is 12.2. The van der Waals surface area contributed by atoms with Gasteiger partial charge in [0.25, 0.3) is 0 Å². The van der Waals surface area contributed by atoms with Crippen molar-refractivity contribution in [3.63, 3.8) is 0 Å². The van der Waals surface area contributed by atoms with E-state index in [1.165, 1.54) is 12.1 Å². The van der Waals surface area contributed by atoms with E-state index in [0.29, 0.717) is 11.3 Å². The number of sulfone groups is 1. The van der Waals surface area contributed by atoms with E-state index in [9.17, 15) is 13.2 Å². The fraction of sp³-hybridized carbons (Fsp3) is 0.167. The Kier molecular flexibility index (Phi) is 5.51. The molecule has 0 aliphatic carbocycles. The van der Waals surface area contributed by atoms with Crippen LogP contribution in [-0.2, 0) is 14.6 Å². The van der Waals surface area contributed by atoms with Crippen LogP contribution in [0.2, 0.25) is 0 Å². The molecule has 0 spiro atoms. The molecule has 0 saturated carbocycles. The first kappa shape index (κ1) is 18.6. The predicted octanol–water partition coefficient (Wildman–Crippen LogP) is 2.55. The lowest BCUT2D eigenvalue weighted by Gasteiger charge is -2.04. The van der Waals surface area contributed by atoms with E-state index in [2.05, 4.69) is 15.5 Å². The first-order valence-electron chi connectivity index (χ1n) is 8.03. The van der Waals surface area contributed by atoms with Gasteiger partial charge in [0.2, 0.25) is 11.8 Å². The molecule has 0 aliphatic rings. The zero-order chi connectivity index (χ0) is 19.3. The maximum atomic E-state index is 12.2. The molecule has 0 fully saturated rings. The molecule has 27 heavy (non-hydrogen) atoms. The number of hydrogen-bond acceptors (Lipinski definition) is 7. The van der Waals surface area contributed by atoms with Crippen LogP contribution in [0.25, 0.3) is 11.5 Å². The number of nitrogens with one attached hydrogen (secondary N) is 1. The lowest BCUT2D eigenvalue weighted by atomic mass is 10.2. The molecule has 1 N–H and O–H groups in total. The summed E-state index contributed by atoms with van der Waals surface area (Å²) in [6.45, 7) is 0. The largest absolute Gasteiger partial charge is 0.497 e. The van der Waals surface area contributed by atoms with Crippen molar-refractivity contribution in [2.24, 2.45) is 0 Å². The van der Waals surface area contributed by atoms with Crippen molar-refractivity contribution in [2.75, 3.05) is 18.2 Å². The van der Waals surface area contributed by atoms with Crippen LogP contribution in [0.4, 0.5) is 6.01 Å². The molecule has 140 valence electrons. The molecule has 2 aromatic carbocycles. The average Bonchev–Trinajstić information content (AvgIpc) is 3.15. The van der Waals surface area contributed by atoms with Gasteiger partial charge in [0.1, 0.15) is 5.75 Å². The van der Waals surface area contributed by atoms with Gasteiger partial charge in [0.15, 0.2) is 9.84 Å². The van der Waals surface area contributed by atoms with Crippen molar-refractivity contribution in [3.8, 4) is 17.2 Å². The van der Waals surface area contributed by atoms with Gasteiger partial charge in [0.05, 0.1) is 17.8 Å². The molecule has 3 aromatic rings. The van der Waals surface area contributed by atoms with Crippen molar-refractivity contribution < 1.29 is 22.4 Å². The number of nitrogens with zero attached hydrogens (tertiary/aromatic N) is 2. The normalized spacial score (nSPS) is 11.1. The standard InChI is InChI=1S/C18H17N3O5S/c1-25-14-9-7-13(8-10-14)17-20-21-18(26-17)19-16(22)11-12-27(23,24)15-5-3-2-4-6-15/h2-10H,11-12H2,1H3,(H,19,21,22). The molecular formula is C18H17N3O5S. The summed E-state index contributed by atoms with van der Waals surface area (Å²) in [5, 5.41) is 10.0. The van der Waals surface area contributed by atoms with Crippen LogP contribution in [0.1, 0.15) is 6.42 Å². The van der Waals surface area contributed by atoms with E-state index in [1.807, 2.05) is 0 Å². The highest BCUT2D eigenvalue weighted by Crippen LogP contribution is 2.22. The number of methoxy groups -OCH3 is 1. The molecule has 9 heteroatoms. The molecule has 8 nitrogen and oxygen atoms in total. The Bertz CT molecular complexity index is 1010. The molecule has 1 amide bonds. The molecule has 0 radical (unpaired) electrons. The van der Waals surface area contributed by atoms with Gasteiger partial charge in [-0.1, -0.05) is 23.3 Å². The highest BCUT2D eigenvalue weighted by atomic mass is 32.2. The van der Waals surface area contributed by atoms with Gasteiger partial charge in [0, 0.05) is 12.0 Å². The summed E-state index contributed by atoms with van der Waals surface area (Å²) >= 11 is 0. The highest BCUT2D eigenvalue weighted by Gasteiger charge is 2.17. The first-order valence-corrected chi connectivity index (χ1v) is 9.69. The molecule has 0 aliphatic heterocycles. The van der Waals surface area contributed by atoms with E-state index in [-0.39, 0.29) is 29.0 Å². The minimum Gasteiger partial charge on any atom is -0.497 e. The summed E-state index contributed by atoms with van der Waals surface area (Å²) in [5.74, 6) is 0.0678. The Balaban J connectivity index is 1.59. The van der Waals surface area contributed by atoms with E-state index >= 15 is 0 Å². The molecule has 0 saturated heterocycles. The molecule has 1 heterocycles. The Morgan fingerprint density at radius 1 is 1.07 bits per heavy atom. The number of amides is 1. The highest BCUT2D eigenvalue weighted by molar-refractivity contribution is 7.91. The topological polar surface area (TPSA) is 111 Å². The van der Waals surface area contributed by atoms with Crippen molar-refractivity contribution in [2.45, 2.75) is 11.3 Å². The third-order valence-electron chi connectivity index (χ3n) is 3.71. The van der Waals surface area contributed by atoms with E-state index in [1.54, 1.807) is 49.6 Å². The molecule has 0 atom stereocenters. The number of carbonyl (C=O) groups is 1. The predicted molar refractivity (Wildman–Crippen MR) is 98.0 cm³/mol. The number of ether oxygens (including phenoxy) is 1. The van der Waals surface area contributed by atoms with E-state index < -0.39 is 15.7 Å². The number of carbonyl (C=O) groups excluding carboxylic acids is 1. The Morgan fingerprint density at radius 3 is 2.44 bits per heavy atom. The van der Waals surface area contributed by atoms with E-state index in [4.69, 9.17) is 9.15 Å². The molecule has 0 bridgehead atoms. The lowest BCUT2D eigenvalue weighted by molar-refractivity contribution is -0.115. The van der Waals surface area contributed by atoms with Crippen molar-refractivity contribution in [1.29, 1.82) is 0 Å². The zero-order valence-corrected chi connectivity index (χ0v) is 15.3. The quantitative estimate of drug-likeness (QED) is 0.663. The van der Waals surface area contributed by atoms with E-state index in [0.717, 1.165) is 0 Å². The third kappa shape index (κ3) is 4.70. The fourth-order valence-electron chi connectivity index (χ4n) is 2.28. The minimum atomic E-state index is -3.53. The maximum absolute atomic E-state index is 12.2. The smallest absolute Gasteiger partial charge is 0.322 e. The fourth-order valence-corrected chi connectivity index (χ4v) is 3.54. The van der Waals surface area contributed by atoms with Crippen molar-refractivity contribution in [1.82, 2.24) is 10.2 Å². The number of aromatic nitrogens is 2. The Morgan fingerprint density at radius 2 is 1.78 bits per heavy atom. The monoisotopic (exact) mass is 387 g/mol. The Labute approximate surface area is 156 Å². The van der Waals surface area contributed by atoms with Crippen LogP contribution < -0.4 is 10.1 Å². The average molecular weight is 387 g/mol. The van der Waals surface area contributed by atoms with Crippen LogP contribution in [0.3, 0.4) is 0 Å². The summed E-state index contributed by atoms with van der Waals surface area (Å²) in [6.07, 6.45) is -0.225. The maximum Gasteiger partial charge on any atom is 0.322 e. The third-order valence-corrected chi connectivity index (χ3v) is 5.44. The molecular weight excluding hydrogens is 370 g/mol. The van der Waals surface area contributed by atoms with Gasteiger partial charge < -0.3 is 9.15 Å². The SMILES string of the molecule is COc1ccc(-c2nnc(NC(=O)CCS(=O)(=O)c3ccccc3)o2)cc1. The van der Waals surface area contributed by atoms with Gasteiger partial charge in [-0.2, -0.15) is 0 Å². The number of benzene rings is 2. The van der Waals surface area contributed by atoms with Gasteiger partial charge >= 0.3 is 6.01 Å². The van der Waals surface area contributed by atoms with Gasteiger partial charge in [-0.3, -0.25) is 10.1 Å². The molecule has 0 unspecified atom stereocenters. The second kappa shape index (κ2) is 8.00. The van der Waals surface area contributed by atoms with Crippen molar-refractivity contribution >= 4 is 21.8 Å². The van der Waals surface area contributed by atoms with Gasteiger partial charge in [-0.15, -0.1) is 5.10 Å². The zero-order valence-electron chi connectivity index (χ0n) is 14.5. The summed E-state index contributed by atoms with van der Waals surface area (Å²) in [6, 6.07) is 14.8. The summed E-state index contributed by atoms with van der Waals surface area (Å²) in [5.41, 5.74) is 0.662. The second-order valence-electron chi connectivity index (χ2n) is 5.57. The van der Waals surface area contributed by atoms with Crippen LogP contribution in [0.5, 0.6) is 5.75 Å². The van der Waals surface area contributed by atoms with Crippen LogP contribution >= 0.6 is 0 Å². The molecule has 3 rings (SSSR count). The minimum absolute atomic E-state index is 0.0945. The number of hydrogen-bond donors (Lipinski definition) is 1. The summed E-state index contributed by atoms with van der Waals surface area (Å²) in [7, 11) is -1.97. The van der Waals surface area contributed by atoms with Crippen molar-refractivity contribution in [3.05, 3.63) is 54.6 Å².